The van der Waals surface area contributed by atoms with Crippen LogP contribution >= 0.6 is 0 Å². The van der Waals surface area contributed by atoms with Crippen molar-refractivity contribution in [2.75, 3.05) is 19.6 Å². The van der Waals surface area contributed by atoms with Crippen molar-refractivity contribution in [3.63, 3.8) is 0 Å². The Hall–Kier alpha value is -2.25. The van der Waals surface area contributed by atoms with E-state index in [1.807, 2.05) is 23.5 Å². The number of piperidine rings is 1. The van der Waals surface area contributed by atoms with E-state index in [9.17, 15) is 9.90 Å². The number of carbonyl (C=O) groups excluding carboxylic acids is 1. The van der Waals surface area contributed by atoms with Crippen LogP contribution in [-0.4, -0.2) is 61.1 Å². The Kier molecular flexibility index (Phi) is 5.46. The molecular formula is C21H29N5O2. The zero-order valence-corrected chi connectivity index (χ0v) is 16.7. The molecule has 4 heterocycles. The summed E-state index contributed by atoms with van der Waals surface area (Å²) in [7, 11) is 0. The van der Waals surface area contributed by atoms with Crippen molar-refractivity contribution in [1.29, 1.82) is 0 Å². The van der Waals surface area contributed by atoms with Gasteiger partial charge in [0.1, 0.15) is 6.04 Å². The highest BCUT2D eigenvalue weighted by molar-refractivity contribution is 5.83. The van der Waals surface area contributed by atoms with Crippen LogP contribution in [0.2, 0.25) is 0 Å². The summed E-state index contributed by atoms with van der Waals surface area (Å²) in [5.74, 6) is 0.0750. The average Bonchev–Trinajstić information content (AvgIpc) is 3.12. The van der Waals surface area contributed by atoms with E-state index in [1.165, 1.54) is 0 Å². The Morgan fingerprint density at radius 2 is 2.21 bits per heavy atom. The second-order valence-corrected chi connectivity index (χ2v) is 8.14. The number of aromatic nitrogens is 3. The predicted octanol–water partition coefficient (Wildman–Crippen LogP) is 1.94. The van der Waals surface area contributed by atoms with Crippen LogP contribution in [0.15, 0.2) is 30.9 Å². The van der Waals surface area contributed by atoms with Gasteiger partial charge in [-0.3, -0.25) is 14.7 Å². The van der Waals surface area contributed by atoms with Crippen LogP contribution in [-0.2, 0) is 17.8 Å². The minimum Gasteiger partial charge on any atom is -0.391 e. The number of β-amino-alcohol motifs (C(OH)–C–C–N with tert-alkyl or cyclic N) is 1. The number of rotatable bonds is 4. The molecule has 2 aliphatic heterocycles. The van der Waals surface area contributed by atoms with Crippen LogP contribution in [0.4, 0.5) is 0 Å². The van der Waals surface area contributed by atoms with Crippen molar-refractivity contribution in [3.05, 3.63) is 47.8 Å². The quantitative estimate of drug-likeness (QED) is 0.873. The highest BCUT2D eigenvalue weighted by Crippen LogP contribution is 2.34. The SMILES string of the molecule is CC(C)n1cnc2c1[C@@H](C(=O)N1CCC[C@@H](O)C1)N(Cc1cccnc1)CC2. The fourth-order valence-electron chi connectivity index (χ4n) is 4.36. The summed E-state index contributed by atoms with van der Waals surface area (Å²) >= 11 is 0. The topological polar surface area (TPSA) is 74.5 Å². The minimum atomic E-state index is -0.428. The van der Waals surface area contributed by atoms with Gasteiger partial charge in [0.05, 0.1) is 23.8 Å². The van der Waals surface area contributed by atoms with E-state index in [2.05, 4.69) is 39.3 Å². The summed E-state index contributed by atoms with van der Waals surface area (Å²) in [6.07, 6.45) is 7.52. The number of imidazole rings is 1. The first-order valence-electron chi connectivity index (χ1n) is 10.2. The molecule has 2 aromatic rings. The molecule has 1 saturated heterocycles. The summed E-state index contributed by atoms with van der Waals surface area (Å²) in [4.78, 5) is 26.6. The third kappa shape index (κ3) is 3.69. The Balaban J connectivity index is 1.69. The molecule has 2 atom stereocenters. The normalized spacial score (nSPS) is 23.1. The van der Waals surface area contributed by atoms with E-state index < -0.39 is 6.10 Å². The number of aliphatic hydroxyl groups excluding tert-OH is 1. The lowest BCUT2D eigenvalue weighted by Crippen LogP contribution is -2.50. The molecule has 0 unspecified atom stereocenters. The van der Waals surface area contributed by atoms with Gasteiger partial charge in [-0.2, -0.15) is 0 Å². The monoisotopic (exact) mass is 383 g/mol. The number of pyridine rings is 1. The molecule has 0 spiro atoms. The third-order valence-electron chi connectivity index (χ3n) is 5.78. The second kappa shape index (κ2) is 8.01. The fraction of sp³-hybridized carbons (Fsp3) is 0.571. The molecule has 2 aromatic heterocycles. The van der Waals surface area contributed by atoms with Crippen molar-refractivity contribution < 1.29 is 9.90 Å². The Bertz CT molecular complexity index is 819. The zero-order valence-electron chi connectivity index (χ0n) is 16.7. The maximum Gasteiger partial charge on any atom is 0.246 e. The molecule has 1 amide bonds. The van der Waals surface area contributed by atoms with Crippen LogP contribution in [0.25, 0.3) is 0 Å². The number of likely N-dealkylation sites (tertiary alicyclic amines) is 1. The molecule has 1 fully saturated rings. The Labute approximate surface area is 166 Å². The van der Waals surface area contributed by atoms with E-state index in [-0.39, 0.29) is 18.0 Å². The van der Waals surface area contributed by atoms with E-state index in [4.69, 9.17) is 0 Å². The summed E-state index contributed by atoms with van der Waals surface area (Å²) in [5.41, 5.74) is 3.13. The summed E-state index contributed by atoms with van der Waals surface area (Å²) in [5, 5.41) is 10.1. The maximum atomic E-state index is 13.7. The number of fused-ring (bicyclic) bond motifs is 1. The Morgan fingerprint density at radius 1 is 1.36 bits per heavy atom. The fourth-order valence-corrected chi connectivity index (χ4v) is 4.36. The lowest BCUT2D eigenvalue weighted by Gasteiger charge is -2.40. The molecule has 2 aliphatic rings. The standard InChI is InChI=1S/C21H29N5O2/c1-15(2)26-14-23-18-7-10-24(12-16-5-3-8-22-11-16)20(19(18)26)21(28)25-9-4-6-17(27)13-25/h3,5,8,11,14-15,17,20,27H,4,6-7,9-10,12-13H2,1-2H3/t17-,20+/m1/s1. The third-order valence-corrected chi connectivity index (χ3v) is 5.78. The number of hydrogen-bond acceptors (Lipinski definition) is 5. The van der Waals surface area contributed by atoms with Gasteiger partial charge in [-0.05, 0) is 38.3 Å². The second-order valence-electron chi connectivity index (χ2n) is 8.14. The summed E-state index contributed by atoms with van der Waals surface area (Å²) in [6, 6.07) is 3.84. The van der Waals surface area contributed by atoms with Gasteiger partial charge in [0.15, 0.2) is 0 Å². The highest BCUT2D eigenvalue weighted by atomic mass is 16.3. The molecule has 7 heteroatoms. The van der Waals surface area contributed by atoms with E-state index in [1.54, 1.807) is 6.20 Å². The predicted molar refractivity (Wildman–Crippen MR) is 106 cm³/mol. The first-order chi connectivity index (χ1) is 13.5. The molecule has 0 aliphatic carbocycles. The molecule has 0 saturated carbocycles. The van der Waals surface area contributed by atoms with Crippen LogP contribution < -0.4 is 0 Å². The lowest BCUT2D eigenvalue weighted by atomic mass is 9.98. The Morgan fingerprint density at radius 3 is 2.93 bits per heavy atom. The summed E-state index contributed by atoms with van der Waals surface area (Å²) < 4.78 is 2.13. The van der Waals surface area contributed by atoms with E-state index in [0.29, 0.717) is 19.6 Å². The van der Waals surface area contributed by atoms with Gasteiger partial charge in [-0.25, -0.2) is 4.98 Å². The number of aliphatic hydroxyl groups is 1. The van der Waals surface area contributed by atoms with Crippen molar-refractivity contribution in [3.8, 4) is 0 Å². The van der Waals surface area contributed by atoms with Crippen LogP contribution in [0.5, 0.6) is 0 Å². The van der Waals surface area contributed by atoms with Crippen LogP contribution in [0.1, 0.15) is 55.7 Å². The molecule has 28 heavy (non-hydrogen) atoms. The maximum absolute atomic E-state index is 13.7. The molecule has 0 bridgehead atoms. The van der Waals surface area contributed by atoms with Crippen LogP contribution in [0, 0.1) is 0 Å². The number of amides is 1. The number of hydrogen-bond donors (Lipinski definition) is 1. The number of carbonyl (C=O) groups is 1. The molecule has 7 nitrogen and oxygen atoms in total. The first kappa shape index (κ1) is 19.1. The number of nitrogens with zero attached hydrogens (tertiary/aromatic N) is 5. The smallest absolute Gasteiger partial charge is 0.246 e. The molecular weight excluding hydrogens is 354 g/mol. The van der Waals surface area contributed by atoms with Gasteiger partial charge in [0, 0.05) is 51.0 Å². The van der Waals surface area contributed by atoms with Crippen molar-refractivity contribution in [1.82, 2.24) is 24.3 Å². The summed E-state index contributed by atoms with van der Waals surface area (Å²) in [6.45, 7) is 6.81. The molecule has 0 aromatic carbocycles. The largest absolute Gasteiger partial charge is 0.391 e. The van der Waals surface area contributed by atoms with Gasteiger partial charge in [-0.1, -0.05) is 6.07 Å². The highest BCUT2D eigenvalue weighted by Gasteiger charge is 2.40. The average molecular weight is 383 g/mol. The first-order valence-corrected chi connectivity index (χ1v) is 10.2. The van der Waals surface area contributed by atoms with Crippen molar-refractivity contribution in [2.45, 2.75) is 57.8 Å². The van der Waals surface area contributed by atoms with Crippen molar-refractivity contribution >= 4 is 5.91 Å². The molecule has 4 rings (SSSR count). The minimum absolute atomic E-state index is 0.0750. The van der Waals surface area contributed by atoms with Gasteiger partial charge < -0.3 is 14.6 Å². The zero-order chi connectivity index (χ0) is 19.7. The van der Waals surface area contributed by atoms with Gasteiger partial charge in [0.25, 0.3) is 0 Å². The van der Waals surface area contributed by atoms with E-state index >= 15 is 0 Å². The van der Waals surface area contributed by atoms with Gasteiger partial charge >= 0.3 is 0 Å². The van der Waals surface area contributed by atoms with Gasteiger partial charge in [-0.15, -0.1) is 0 Å². The van der Waals surface area contributed by atoms with Gasteiger partial charge in [0.2, 0.25) is 5.91 Å². The lowest BCUT2D eigenvalue weighted by molar-refractivity contribution is -0.141. The molecule has 1 N–H and O–H groups in total. The molecule has 0 radical (unpaired) electrons. The molecule has 150 valence electrons. The van der Waals surface area contributed by atoms with E-state index in [0.717, 1.165) is 42.8 Å². The van der Waals surface area contributed by atoms with Crippen molar-refractivity contribution in [2.24, 2.45) is 0 Å². The van der Waals surface area contributed by atoms with Crippen LogP contribution in [0.3, 0.4) is 0 Å².